The summed E-state index contributed by atoms with van der Waals surface area (Å²) in [5, 5.41) is 3.38. The molecule has 0 aromatic heterocycles. The van der Waals surface area contributed by atoms with Gasteiger partial charge in [-0.3, -0.25) is 4.79 Å². The predicted octanol–water partition coefficient (Wildman–Crippen LogP) is 2.55. The molecule has 1 saturated heterocycles. The minimum Gasteiger partial charge on any atom is -0.493 e. The molecule has 1 aliphatic rings. The molecule has 1 aromatic rings. The molecule has 21 heavy (non-hydrogen) atoms. The van der Waals surface area contributed by atoms with Crippen LogP contribution in [0, 0.1) is 5.92 Å². The van der Waals surface area contributed by atoms with E-state index in [4.69, 9.17) is 4.74 Å². The highest BCUT2D eigenvalue weighted by atomic mass is 16.5. The molecular formula is C17H26N2O2. The summed E-state index contributed by atoms with van der Waals surface area (Å²) >= 11 is 0. The Bertz CT molecular complexity index is 456. The molecule has 116 valence electrons. The van der Waals surface area contributed by atoms with Gasteiger partial charge in [-0.2, -0.15) is 0 Å². The standard InChI is InChI=1S/C17H26N2O2/c1-3-21-16-7-5-4-6-15(16)17(20)19(2)13-10-14-8-11-18-12-9-14/h4-7,14,18H,3,8-13H2,1-2H3. The summed E-state index contributed by atoms with van der Waals surface area (Å²) in [5.41, 5.74) is 0.659. The van der Waals surface area contributed by atoms with Crippen LogP contribution in [0.5, 0.6) is 5.75 Å². The fraction of sp³-hybridized carbons (Fsp3) is 0.588. The van der Waals surface area contributed by atoms with Crippen molar-refractivity contribution in [1.29, 1.82) is 0 Å². The predicted molar refractivity (Wildman–Crippen MR) is 84.8 cm³/mol. The lowest BCUT2D eigenvalue weighted by molar-refractivity contribution is 0.0780. The van der Waals surface area contributed by atoms with E-state index in [0.717, 1.165) is 32.0 Å². The first kappa shape index (κ1) is 15.8. The number of hydrogen-bond acceptors (Lipinski definition) is 3. The van der Waals surface area contributed by atoms with Crippen LogP contribution in [-0.4, -0.2) is 44.1 Å². The van der Waals surface area contributed by atoms with Crippen LogP contribution in [0.1, 0.15) is 36.5 Å². The fourth-order valence-electron chi connectivity index (χ4n) is 2.78. The molecule has 1 fully saturated rings. The first-order valence-corrected chi connectivity index (χ1v) is 7.90. The highest BCUT2D eigenvalue weighted by molar-refractivity contribution is 5.96. The molecule has 1 aromatic carbocycles. The zero-order valence-electron chi connectivity index (χ0n) is 13.1. The number of rotatable bonds is 6. The van der Waals surface area contributed by atoms with Crippen LogP contribution in [0.15, 0.2) is 24.3 Å². The van der Waals surface area contributed by atoms with Crippen LogP contribution >= 0.6 is 0 Å². The van der Waals surface area contributed by atoms with Crippen molar-refractivity contribution in [1.82, 2.24) is 10.2 Å². The minimum atomic E-state index is 0.0491. The van der Waals surface area contributed by atoms with Crippen molar-refractivity contribution < 1.29 is 9.53 Å². The number of amides is 1. The maximum absolute atomic E-state index is 12.5. The Labute approximate surface area is 127 Å². The molecule has 0 unspecified atom stereocenters. The Hall–Kier alpha value is -1.55. The molecule has 1 aliphatic heterocycles. The van der Waals surface area contributed by atoms with Crippen LogP contribution < -0.4 is 10.1 Å². The summed E-state index contributed by atoms with van der Waals surface area (Å²) in [6.07, 6.45) is 3.52. The minimum absolute atomic E-state index is 0.0491. The maximum atomic E-state index is 12.5. The van der Waals surface area contributed by atoms with Gasteiger partial charge < -0.3 is 15.0 Å². The molecule has 0 spiro atoms. The van der Waals surface area contributed by atoms with Crippen molar-refractivity contribution >= 4 is 5.91 Å². The quantitative estimate of drug-likeness (QED) is 0.875. The number of para-hydroxylation sites is 1. The van der Waals surface area contributed by atoms with E-state index in [1.807, 2.05) is 43.1 Å². The Morgan fingerprint density at radius 1 is 1.33 bits per heavy atom. The third-order valence-corrected chi connectivity index (χ3v) is 4.10. The summed E-state index contributed by atoms with van der Waals surface area (Å²) in [7, 11) is 1.88. The normalized spacial score (nSPS) is 15.7. The van der Waals surface area contributed by atoms with E-state index in [1.54, 1.807) is 0 Å². The van der Waals surface area contributed by atoms with Crippen LogP contribution in [-0.2, 0) is 0 Å². The highest BCUT2D eigenvalue weighted by Gasteiger charge is 2.18. The molecule has 0 bridgehead atoms. The second-order valence-corrected chi connectivity index (χ2v) is 5.64. The van der Waals surface area contributed by atoms with E-state index in [0.29, 0.717) is 17.9 Å². The van der Waals surface area contributed by atoms with Crippen molar-refractivity contribution in [3.05, 3.63) is 29.8 Å². The van der Waals surface area contributed by atoms with Gasteiger partial charge in [0.05, 0.1) is 12.2 Å². The number of piperidine rings is 1. The lowest BCUT2D eigenvalue weighted by Crippen LogP contribution is -2.32. The van der Waals surface area contributed by atoms with Crippen molar-refractivity contribution in [2.45, 2.75) is 26.2 Å². The molecular weight excluding hydrogens is 264 g/mol. The monoisotopic (exact) mass is 290 g/mol. The van der Waals surface area contributed by atoms with E-state index in [1.165, 1.54) is 12.8 Å². The van der Waals surface area contributed by atoms with Crippen LogP contribution in [0.2, 0.25) is 0 Å². The van der Waals surface area contributed by atoms with Gasteiger partial charge in [-0.05, 0) is 57.3 Å². The van der Waals surface area contributed by atoms with Gasteiger partial charge in [-0.25, -0.2) is 0 Å². The van der Waals surface area contributed by atoms with Gasteiger partial charge >= 0.3 is 0 Å². The number of nitrogens with zero attached hydrogens (tertiary/aromatic N) is 1. The van der Waals surface area contributed by atoms with E-state index in [9.17, 15) is 4.79 Å². The molecule has 1 amide bonds. The second-order valence-electron chi connectivity index (χ2n) is 5.64. The van der Waals surface area contributed by atoms with Crippen molar-refractivity contribution in [2.24, 2.45) is 5.92 Å². The number of carbonyl (C=O) groups is 1. The Morgan fingerprint density at radius 2 is 2.05 bits per heavy atom. The number of benzene rings is 1. The Morgan fingerprint density at radius 3 is 2.76 bits per heavy atom. The summed E-state index contributed by atoms with van der Waals surface area (Å²) in [6.45, 7) is 5.53. The third-order valence-electron chi connectivity index (χ3n) is 4.10. The van der Waals surface area contributed by atoms with E-state index < -0.39 is 0 Å². The summed E-state index contributed by atoms with van der Waals surface area (Å²) in [5.74, 6) is 1.47. The van der Waals surface area contributed by atoms with Crippen LogP contribution in [0.4, 0.5) is 0 Å². The molecule has 0 atom stereocenters. The van der Waals surface area contributed by atoms with Gasteiger partial charge in [0, 0.05) is 13.6 Å². The molecule has 4 nitrogen and oxygen atoms in total. The SMILES string of the molecule is CCOc1ccccc1C(=O)N(C)CCC1CCNCC1. The maximum Gasteiger partial charge on any atom is 0.257 e. The smallest absolute Gasteiger partial charge is 0.257 e. The Kier molecular flexibility index (Phi) is 6.05. The van der Waals surface area contributed by atoms with Gasteiger partial charge in [-0.1, -0.05) is 12.1 Å². The summed E-state index contributed by atoms with van der Waals surface area (Å²) < 4.78 is 5.55. The van der Waals surface area contributed by atoms with Gasteiger partial charge in [0.2, 0.25) is 0 Å². The molecule has 0 saturated carbocycles. The van der Waals surface area contributed by atoms with Crippen LogP contribution in [0.3, 0.4) is 0 Å². The average Bonchev–Trinajstić information content (AvgIpc) is 2.54. The van der Waals surface area contributed by atoms with Crippen LogP contribution in [0.25, 0.3) is 0 Å². The molecule has 1 heterocycles. The zero-order valence-corrected chi connectivity index (χ0v) is 13.1. The number of nitrogens with one attached hydrogen (secondary N) is 1. The number of ether oxygens (including phenoxy) is 1. The molecule has 2 rings (SSSR count). The van der Waals surface area contributed by atoms with E-state index in [2.05, 4.69) is 5.32 Å². The Balaban J connectivity index is 1.92. The first-order chi connectivity index (χ1) is 10.2. The second kappa shape index (κ2) is 8.03. The lowest BCUT2D eigenvalue weighted by Gasteiger charge is -2.25. The van der Waals surface area contributed by atoms with Gasteiger partial charge in [-0.15, -0.1) is 0 Å². The number of hydrogen-bond donors (Lipinski definition) is 1. The largest absolute Gasteiger partial charge is 0.493 e. The zero-order chi connectivity index (χ0) is 15.1. The molecule has 0 aliphatic carbocycles. The number of carbonyl (C=O) groups excluding carboxylic acids is 1. The van der Waals surface area contributed by atoms with Crippen molar-refractivity contribution in [3.63, 3.8) is 0 Å². The van der Waals surface area contributed by atoms with Crippen molar-refractivity contribution in [3.8, 4) is 5.75 Å². The van der Waals surface area contributed by atoms with Gasteiger partial charge in [0.15, 0.2) is 0 Å². The van der Waals surface area contributed by atoms with E-state index >= 15 is 0 Å². The lowest BCUT2D eigenvalue weighted by atomic mass is 9.94. The van der Waals surface area contributed by atoms with Crippen molar-refractivity contribution in [2.75, 3.05) is 33.3 Å². The molecule has 4 heteroatoms. The summed E-state index contributed by atoms with van der Waals surface area (Å²) in [6, 6.07) is 7.49. The fourth-order valence-corrected chi connectivity index (χ4v) is 2.78. The third kappa shape index (κ3) is 4.46. The average molecular weight is 290 g/mol. The van der Waals surface area contributed by atoms with Gasteiger partial charge in [0.25, 0.3) is 5.91 Å². The molecule has 0 radical (unpaired) electrons. The molecule has 1 N–H and O–H groups in total. The first-order valence-electron chi connectivity index (χ1n) is 7.90. The van der Waals surface area contributed by atoms with E-state index in [-0.39, 0.29) is 5.91 Å². The highest BCUT2D eigenvalue weighted by Crippen LogP contribution is 2.21. The summed E-state index contributed by atoms with van der Waals surface area (Å²) in [4.78, 5) is 14.4. The topological polar surface area (TPSA) is 41.6 Å². The van der Waals surface area contributed by atoms with Gasteiger partial charge in [0.1, 0.15) is 5.75 Å².